The molecule has 6 aromatic carbocycles. The van der Waals surface area contributed by atoms with Crippen molar-refractivity contribution in [1.29, 1.82) is 0 Å². The van der Waals surface area contributed by atoms with Gasteiger partial charge in [0, 0.05) is 64.4 Å². The van der Waals surface area contributed by atoms with Crippen molar-refractivity contribution in [3.8, 4) is 0 Å². The Morgan fingerprint density at radius 1 is 0.464 bits per heavy atom. The first-order valence-electron chi connectivity index (χ1n) is 23.8. The molecule has 69 heavy (non-hydrogen) atoms. The van der Waals surface area contributed by atoms with Gasteiger partial charge in [-0.25, -0.2) is 0 Å². The van der Waals surface area contributed by atoms with Gasteiger partial charge in [-0.3, -0.25) is 9.59 Å². The minimum atomic E-state index is -0.837. The number of likely N-dealkylation sites (tertiary alicyclic amines) is 2. The Hall–Kier alpha value is -5.03. The second-order valence-corrected chi connectivity index (χ2v) is 19.8. The van der Waals surface area contributed by atoms with Crippen LogP contribution in [0.5, 0.6) is 0 Å². The Balaban J connectivity index is 0.000000224. The molecule has 8 nitrogen and oxygen atoms in total. The molecule has 0 spiro atoms. The van der Waals surface area contributed by atoms with E-state index >= 15 is 0 Å². The Morgan fingerprint density at radius 2 is 0.710 bits per heavy atom. The van der Waals surface area contributed by atoms with Gasteiger partial charge in [-0.15, -0.1) is 12.4 Å². The van der Waals surface area contributed by atoms with Crippen molar-refractivity contribution in [2.45, 2.75) is 60.6 Å². The van der Waals surface area contributed by atoms with Crippen LogP contribution < -0.4 is 0 Å². The molecule has 0 unspecified atom stereocenters. The molecule has 0 bridgehead atoms. The van der Waals surface area contributed by atoms with Crippen molar-refractivity contribution >= 4 is 47.4 Å². The van der Waals surface area contributed by atoms with Crippen molar-refractivity contribution in [3.05, 3.63) is 213 Å². The molecule has 0 atom stereocenters. The van der Waals surface area contributed by atoms with Crippen LogP contribution in [-0.4, -0.2) is 109 Å². The van der Waals surface area contributed by atoms with E-state index in [9.17, 15) is 19.8 Å². The zero-order valence-corrected chi connectivity index (χ0v) is 42.6. The molecular weight excluding hydrogens is 923 g/mol. The van der Waals surface area contributed by atoms with Gasteiger partial charge in [0.05, 0.1) is 11.2 Å². The molecule has 2 aliphatic rings. The van der Waals surface area contributed by atoms with E-state index in [0.29, 0.717) is 48.6 Å². The summed E-state index contributed by atoms with van der Waals surface area (Å²) in [5.41, 5.74) is 2.66. The van der Waals surface area contributed by atoms with Crippen molar-refractivity contribution < 1.29 is 19.8 Å². The van der Waals surface area contributed by atoms with Gasteiger partial charge in [0.1, 0.15) is 10.8 Å². The fourth-order valence-corrected chi connectivity index (χ4v) is 10.6. The highest BCUT2D eigenvalue weighted by Gasteiger charge is 2.45. The minimum Gasteiger partial charge on any atom is -0.385 e. The van der Waals surface area contributed by atoms with E-state index in [1.165, 1.54) is 0 Å². The number of rotatable bonds is 14. The molecule has 2 heterocycles. The quantitative estimate of drug-likeness (QED) is 0.113. The number of aliphatic hydroxyl groups is 2. The molecule has 2 amide bonds. The summed E-state index contributed by atoms with van der Waals surface area (Å²) in [6.07, 6.45) is 3.94. The second-order valence-electron chi connectivity index (χ2n) is 18.9. The molecule has 0 aliphatic carbocycles. The third-order valence-corrected chi connectivity index (χ3v) is 14.8. The summed E-state index contributed by atoms with van der Waals surface area (Å²) < 4.78 is 0. The molecule has 0 saturated carbocycles. The van der Waals surface area contributed by atoms with Crippen molar-refractivity contribution in [2.75, 3.05) is 67.5 Å². The number of amides is 2. The van der Waals surface area contributed by atoms with Gasteiger partial charge in [0.2, 0.25) is 11.8 Å². The summed E-state index contributed by atoms with van der Waals surface area (Å²) in [4.78, 5) is 35.8. The number of piperidine rings is 2. The Labute approximate surface area is 425 Å². The number of halogens is 3. The highest BCUT2D eigenvalue weighted by Crippen LogP contribution is 2.41. The number of carbonyl (C=O) groups excluding carboxylic acids is 2. The maximum Gasteiger partial charge on any atom is 0.237 e. The largest absolute Gasteiger partial charge is 0.385 e. The Morgan fingerprint density at radius 3 is 0.942 bits per heavy atom. The molecule has 364 valence electrons. The molecule has 2 fully saturated rings. The van der Waals surface area contributed by atoms with Crippen LogP contribution in [0.1, 0.15) is 71.9 Å². The van der Waals surface area contributed by atoms with E-state index in [4.69, 9.17) is 23.2 Å². The highest BCUT2D eigenvalue weighted by molar-refractivity contribution is 6.30. The molecule has 11 heteroatoms. The molecule has 6 aromatic rings. The van der Waals surface area contributed by atoms with Crippen LogP contribution in [0.15, 0.2) is 170 Å². The first-order chi connectivity index (χ1) is 32.7. The fourth-order valence-electron chi connectivity index (χ4n) is 10.3. The molecule has 8 rings (SSSR count). The molecular formula is C58H67Cl3N4O4. The molecule has 2 aliphatic heterocycles. The van der Waals surface area contributed by atoms with Gasteiger partial charge >= 0.3 is 0 Å². The monoisotopic (exact) mass is 988 g/mol. The van der Waals surface area contributed by atoms with Crippen LogP contribution in [0.25, 0.3) is 0 Å². The van der Waals surface area contributed by atoms with Crippen molar-refractivity contribution in [3.63, 3.8) is 0 Å². The summed E-state index contributed by atoms with van der Waals surface area (Å²) >= 11 is 12.1. The van der Waals surface area contributed by atoms with Gasteiger partial charge in [-0.1, -0.05) is 169 Å². The fraction of sp³-hybridized carbons (Fsp3) is 0.345. The standard InChI is InChI=1S/2C29H33ClN2O2.ClH/c2*1-31(2)27(33)29(24-9-5-3-6-10-24,25-11-7-4-8-12-25)19-22-32-20-17-28(34,18-21-32)23-13-15-26(30)16-14-23;/h2*3-16,34H,17-22H2,1-2H3;1H. The lowest BCUT2D eigenvalue weighted by atomic mass is 9.70. The normalized spacial score (nSPS) is 16.0. The average molecular weight is 991 g/mol. The van der Waals surface area contributed by atoms with E-state index in [1.807, 2.05) is 150 Å². The number of hydrogen-bond acceptors (Lipinski definition) is 6. The van der Waals surface area contributed by atoms with Gasteiger partial charge in [-0.2, -0.15) is 0 Å². The number of nitrogens with zero attached hydrogens (tertiary/aromatic N) is 4. The first-order valence-corrected chi connectivity index (χ1v) is 24.5. The Kier molecular flexibility index (Phi) is 18.3. The lowest BCUT2D eigenvalue weighted by molar-refractivity contribution is -0.134. The smallest absolute Gasteiger partial charge is 0.237 e. The molecule has 2 N–H and O–H groups in total. The van der Waals surface area contributed by atoms with E-state index in [-0.39, 0.29) is 24.2 Å². The molecule has 2 saturated heterocycles. The van der Waals surface area contributed by atoms with Crippen LogP contribution in [0.2, 0.25) is 10.0 Å². The average Bonchev–Trinajstić information content (AvgIpc) is 3.37. The van der Waals surface area contributed by atoms with E-state index in [2.05, 4.69) is 58.3 Å². The minimum absolute atomic E-state index is 0. The summed E-state index contributed by atoms with van der Waals surface area (Å²) in [5, 5.41) is 23.9. The predicted octanol–water partition coefficient (Wildman–Crippen LogP) is 10.6. The lowest BCUT2D eigenvalue weighted by Crippen LogP contribution is -2.48. The third kappa shape index (κ3) is 12.1. The maximum absolute atomic E-state index is 13.8. The van der Waals surface area contributed by atoms with Crippen LogP contribution in [0.3, 0.4) is 0 Å². The highest BCUT2D eigenvalue weighted by atomic mass is 35.5. The zero-order valence-electron chi connectivity index (χ0n) is 40.3. The SMILES string of the molecule is CN(C)C(=O)C(CCN1CCC(O)(c2ccc(Cl)cc2)CC1)(c1ccccc1)c1ccccc1.CN(C)C(=O)C(CCN1CCC(O)(c2ccc(Cl)cc2)CC1)(c1ccccc1)c1ccccc1.Cl. The van der Waals surface area contributed by atoms with Crippen LogP contribution in [0.4, 0.5) is 0 Å². The van der Waals surface area contributed by atoms with Gasteiger partial charge in [0.25, 0.3) is 0 Å². The molecule has 0 aromatic heterocycles. The van der Waals surface area contributed by atoms with E-state index in [0.717, 1.165) is 72.6 Å². The summed E-state index contributed by atoms with van der Waals surface area (Å²) in [5.74, 6) is 0.166. The first kappa shape index (κ1) is 53.3. The Bertz CT molecular complexity index is 2260. The predicted molar refractivity (Wildman–Crippen MR) is 283 cm³/mol. The maximum atomic E-state index is 13.8. The van der Waals surface area contributed by atoms with Gasteiger partial charge < -0.3 is 29.8 Å². The van der Waals surface area contributed by atoms with Crippen LogP contribution in [0, 0.1) is 0 Å². The summed E-state index contributed by atoms with van der Waals surface area (Å²) in [6.45, 7) is 4.62. The third-order valence-electron chi connectivity index (χ3n) is 14.3. The zero-order chi connectivity index (χ0) is 48.4. The second kappa shape index (κ2) is 23.7. The molecule has 0 radical (unpaired) electrons. The number of likely N-dealkylation sites (N-methyl/N-ethyl adjacent to an activating group) is 2. The topological polar surface area (TPSA) is 87.6 Å². The summed E-state index contributed by atoms with van der Waals surface area (Å²) in [7, 11) is 7.32. The lowest BCUT2D eigenvalue weighted by Gasteiger charge is -2.41. The van der Waals surface area contributed by atoms with Crippen LogP contribution in [-0.2, 0) is 31.6 Å². The van der Waals surface area contributed by atoms with E-state index < -0.39 is 22.0 Å². The van der Waals surface area contributed by atoms with Crippen molar-refractivity contribution in [2.24, 2.45) is 0 Å². The van der Waals surface area contributed by atoms with Gasteiger partial charge in [-0.05, 0) is 109 Å². The number of benzene rings is 6. The van der Waals surface area contributed by atoms with Gasteiger partial charge in [0.15, 0.2) is 0 Å². The number of carbonyl (C=O) groups is 2. The summed E-state index contributed by atoms with van der Waals surface area (Å²) in [6, 6.07) is 55.5. The van der Waals surface area contributed by atoms with Crippen LogP contribution >= 0.6 is 35.6 Å². The number of hydrogen-bond donors (Lipinski definition) is 2. The van der Waals surface area contributed by atoms with Crippen molar-refractivity contribution in [1.82, 2.24) is 19.6 Å². The van der Waals surface area contributed by atoms with E-state index in [1.54, 1.807) is 9.80 Å².